The van der Waals surface area contributed by atoms with Gasteiger partial charge in [-0.3, -0.25) is 4.79 Å². The van der Waals surface area contributed by atoms with Gasteiger partial charge in [0.25, 0.3) is 0 Å². The topological polar surface area (TPSA) is 116 Å². The quantitative estimate of drug-likeness (QED) is 0.220. The number of carbonyl (C=O) groups is 2. The third-order valence-corrected chi connectivity index (χ3v) is 7.18. The first-order valence-corrected chi connectivity index (χ1v) is 13.9. The lowest BCUT2D eigenvalue weighted by Crippen LogP contribution is -2.48. The number of nitrogens with zero attached hydrogens (tertiary/aromatic N) is 7. The number of aromatic nitrogens is 3. The van der Waals surface area contributed by atoms with Crippen molar-refractivity contribution in [3.63, 3.8) is 0 Å². The van der Waals surface area contributed by atoms with E-state index < -0.39 is 11.7 Å². The number of pyridine rings is 1. The van der Waals surface area contributed by atoms with Crippen molar-refractivity contribution in [2.45, 2.75) is 26.4 Å². The van der Waals surface area contributed by atoms with Crippen molar-refractivity contribution in [2.24, 2.45) is 0 Å². The molecule has 11 heteroatoms. The van der Waals surface area contributed by atoms with Crippen LogP contribution in [0.25, 0.3) is 32.9 Å². The number of hydrogen-bond donors (Lipinski definition) is 0. The summed E-state index contributed by atoms with van der Waals surface area (Å²) in [4.78, 5) is 44.1. The van der Waals surface area contributed by atoms with Crippen molar-refractivity contribution >= 4 is 56.9 Å². The highest BCUT2D eigenvalue weighted by atomic mass is 35.5. The first-order valence-electron chi connectivity index (χ1n) is 13.5. The van der Waals surface area contributed by atoms with Gasteiger partial charge >= 0.3 is 6.09 Å². The second-order valence-electron chi connectivity index (χ2n) is 10.8. The second kappa shape index (κ2) is 11.6. The fourth-order valence-electron chi connectivity index (χ4n) is 4.92. The van der Waals surface area contributed by atoms with E-state index in [0.29, 0.717) is 48.0 Å². The first kappa shape index (κ1) is 28.8. The van der Waals surface area contributed by atoms with Crippen molar-refractivity contribution in [1.82, 2.24) is 19.9 Å². The number of amides is 2. The molecule has 42 heavy (non-hydrogen) atoms. The number of nitriles is 1. The van der Waals surface area contributed by atoms with E-state index in [1.54, 1.807) is 31.7 Å². The zero-order valence-corrected chi connectivity index (χ0v) is 24.4. The standard InChI is InChI=1S/C31H30ClN7O3/c1-5-27(40)37-12-14-38(15-13-37)29-23-17-24(32)22(18-25(23)34-19-35-29)28-21-9-7-6-8-20(21)16-26(36-28)39(11-10-33)30(41)42-31(2,3)4/h5-9,16-19H,1,11-15H2,2-4H3. The number of anilines is 2. The van der Waals surface area contributed by atoms with Gasteiger partial charge < -0.3 is 14.5 Å². The number of rotatable bonds is 5. The molecule has 1 fully saturated rings. The average Bonchev–Trinajstić information content (AvgIpc) is 2.97. The maximum absolute atomic E-state index is 13.1. The van der Waals surface area contributed by atoms with E-state index in [1.165, 1.54) is 17.3 Å². The summed E-state index contributed by atoms with van der Waals surface area (Å²) >= 11 is 6.94. The van der Waals surface area contributed by atoms with Crippen LogP contribution in [0.1, 0.15) is 20.8 Å². The van der Waals surface area contributed by atoms with Gasteiger partial charge in [0.05, 0.1) is 22.3 Å². The Balaban J connectivity index is 1.59. The number of halogens is 1. The van der Waals surface area contributed by atoms with Crippen molar-refractivity contribution in [3.8, 4) is 17.3 Å². The molecule has 2 aromatic heterocycles. The highest BCUT2D eigenvalue weighted by Gasteiger charge is 2.26. The predicted octanol–water partition coefficient (Wildman–Crippen LogP) is 5.60. The normalized spacial score (nSPS) is 13.6. The van der Waals surface area contributed by atoms with Crippen molar-refractivity contribution in [1.29, 1.82) is 5.26 Å². The number of carbonyl (C=O) groups excluding carboxylic acids is 2. The van der Waals surface area contributed by atoms with Crippen LogP contribution in [0.2, 0.25) is 5.02 Å². The number of piperazine rings is 1. The second-order valence-corrected chi connectivity index (χ2v) is 11.2. The van der Waals surface area contributed by atoms with Gasteiger partial charge in [-0.25, -0.2) is 24.6 Å². The summed E-state index contributed by atoms with van der Waals surface area (Å²) in [5.74, 6) is 0.915. The fourth-order valence-corrected chi connectivity index (χ4v) is 5.17. The predicted molar refractivity (Wildman–Crippen MR) is 163 cm³/mol. The SMILES string of the molecule is C=CC(=O)N1CCN(c2ncnc3cc(-c4nc(N(CC#N)C(=O)OC(C)(C)C)cc5ccccc45)c(Cl)cc23)CC1. The molecule has 214 valence electrons. The molecule has 1 saturated heterocycles. The highest BCUT2D eigenvalue weighted by Crippen LogP contribution is 2.38. The molecule has 3 heterocycles. The van der Waals surface area contributed by atoms with Gasteiger partial charge in [0.2, 0.25) is 5.91 Å². The Morgan fingerprint density at radius 3 is 2.55 bits per heavy atom. The molecular formula is C31H30ClN7O3. The molecule has 0 spiro atoms. The summed E-state index contributed by atoms with van der Waals surface area (Å²) in [6.07, 6.45) is 2.17. The van der Waals surface area contributed by atoms with Crippen molar-refractivity contribution < 1.29 is 14.3 Å². The smallest absolute Gasteiger partial charge is 0.416 e. The minimum Gasteiger partial charge on any atom is -0.443 e. The summed E-state index contributed by atoms with van der Waals surface area (Å²) in [6, 6.07) is 15.1. The first-order chi connectivity index (χ1) is 20.1. The Morgan fingerprint density at radius 2 is 1.86 bits per heavy atom. The Bertz CT molecular complexity index is 1740. The molecule has 2 amide bonds. The molecular weight excluding hydrogens is 554 g/mol. The van der Waals surface area contributed by atoms with Gasteiger partial charge in [0, 0.05) is 42.5 Å². The average molecular weight is 584 g/mol. The van der Waals surface area contributed by atoms with Crippen LogP contribution in [-0.2, 0) is 9.53 Å². The van der Waals surface area contributed by atoms with Crippen molar-refractivity contribution in [2.75, 3.05) is 42.5 Å². The van der Waals surface area contributed by atoms with Crippen LogP contribution in [-0.4, -0.2) is 70.2 Å². The lowest BCUT2D eigenvalue weighted by molar-refractivity contribution is -0.126. The maximum atomic E-state index is 13.1. The van der Waals surface area contributed by atoms with E-state index >= 15 is 0 Å². The van der Waals surface area contributed by atoms with E-state index in [1.807, 2.05) is 42.5 Å². The van der Waals surface area contributed by atoms with Gasteiger partial charge in [0.1, 0.15) is 30.1 Å². The Labute approximate surface area is 248 Å². The molecule has 0 aliphatic carbocycles. The van der Waals surface area contributed by atoms with Gasteiger partial charge in [-0.1, -0.05) is 42.4 Å². The Morgan fingerprint density at radius 1 is 1.12 bits per heavy atom. The zero-order chi connectivity index (χ0) is 30.0. The summed E-state index contributed by atoms with van der Waals surface area (Å²) in [5, 5.41) is 12.3. The molecule has 10 nitrogen and oxygen atoms in total. The molecule has 4 aromatic rings. The summed E-state index contributed by atoms with van der Waals surface area (Å²) in [6.45, 7) is 11.0. The van der Waals surface area contributed by atoms with Gasteiger partial charge in [-0.05, 0) is 50.4 Å². The number of hydrogen-bond acceptors (Lipinski definition) is 8. The molecule has 1 aliphatic heterocycles. The molecule has 0 unspecified atom stereocenters. The number of ether oxygens (including phenoxy) is 1. The van der Waals surface area contributed by atoms with Crippen LogP contribution in [0.3, 0.4) is 0 Å². The van der Waals surface area contributed by atoms with Crippen LogP contribution in [0, 0.1) is 11.3 Å². The molecule has 0 bridgehead atoms. The van der Waals surface area contributed by atoms with E-state index in [4.69, 9.17) is 21.3 Å². The maximum Gasteiger partial charge on any atom is 0.416 e. The zero-order valence-electron chi connectivity index (χ0n) is 23.7. The lowest BCUT2D eigenvalue weighted by atomic mass is 10.0. The largest absolute Gasteiger partial charge is 0.443 e. The van der Waals surface area contributed by atoms with Crippen LogP contribution in [0.15, 0.2) is 61.4 Å². The fraction of sp³-hybridized carbons (Fsp3) is 0.290. The lowest BCUT2D eigenvalue weighted by Gasteiger charge is -2.35. The number of benzene rings is 2. The Kier molecular flexibility index (Phi) is 7.96. The molecule has 1 aliphatic rings. The highest BCUT2D eigenvalue weighted by molar-refractivity contribution is 6.34. The summed E-state index contributed by atoms with van der Waals surface area (Å²) < 4.78 is 5.56. The van der Waals surface area contributed by atoms with Gasteiger partial charge in [0.15, 0.2) is 0 Å². The van der Waals surface area contributed by atoms with Crippen LogP contribution >= 0.6 is 11.6 Å². The minimum atomic E-state index is -0.753. The van der Waals surface area contributed by atoms with Gasteiger partial charge in [-0.15, -0.1) is 0 Å². The minimum absolute atomic E-state index is 0.0863. The molecule has 0 atom stereocenters. The molecule has 0 N–H and O–H groups in total. The van der Waals surface area contributed by atoms with E-state index in [9.17, 15) is 14.9 Å². The van der Waals surface area contributed by atoms with E-state index in [0.717, 1.165) is 22.0 Å². The molecule has 0 saturated carbocycles. The summed E-state index contributed by atoms with van der Waals surface area (Å²) in [5.41, 5.74) is 1.08. The number of fused-ring (bicyclic) bond motifs is 2. The Hall–Kier alpha value is -4.75. The third-order valence-electron chi connectivity index (χ3n) is 6.87. The van der Waals surface area contributed by atoms with E-state index in [-0.39, 0.29) is 18.3 Å². The summed E-state index contributed by atoms with van der Waals surface area (Å²) in [7, 11) is 0. The molecule has 2 aromatic carbocycles. The van der Waals surface area contributed by atoms with Crippen LogP contribution in [0.4, 0.5) is 16.4 Å². The van der Waals surface area contributed by atoms with Crippen LogP contribution < -0.4 is 9.80 Å². The van der Waals surface area contributed by atoms with E-state index in [2.05, 4.69) is 21.4 Å². The monoisotopic (exact) mass is 583 g/mol. The van der Waals surface area contributed by atoms with Gasteiger partial charge in [-0.2, -0.15) is 5.26 Å². The van der Waals surface area contributed by atoms with Crippen LogP contribution in [0.5, 0.6) is 0 Å². The third kappa shape index (κ3) is 5.83. The van der Waals surface area contributed by atoms with Crippen molar-refractivity contribution in [3.05, 3.63) is 66.5 Å². The molecule has 5 rings (SSSR count). The molecule has 0 radical (unpaired) electrons.